The van der Waals surface area contributed by atoms with Crippen molar-refractivity contribution >= 4 is 17.9 Å². The van der Waals surface area contributed by atoms with Crippen LogP contribution in [0.1, 0.15) is 104 Å². The van der Waals surface area contributed by atoms with E-state index in [1.807, 2.05) is 0 Å². The van der Waals surface area contributed by atoms with Gasteiger partial charge >= 0.3 is 17.9 Å². The van der Waals surface area contributed by atoms with Crippen LogP contribution in [0.3, 0.4) is 0 Å². The average molecular weight is 387 g/mol. The highest BCUT2D eigenvalue weighted by atomic mass is 16.5. The Bertz CT molecular complexity index is 399. The molecule has 0 aromatic rings. The van der Waals surface area contributed by atoms with E-state index < -0.39 is 17.9 Å². The zero-order chi connectivity index (χ0) is 20.5. The molecule has 0 radical (unpaired) electrons. The summed E-state index contributed by atoms with van der Waals surface area (Å²) in [6.45, 7) is 4.28. The van der Waals surface area contributed by atoms with Crippen LogP contribution in [0.2, 0.25) is 0 Å². The van der Waals surface area contributed by atoms with Crippen molar-refractivity contribution in [3.63, 3.8) is 0 Å². The number of carbonyl (C=O) groups is 3. The van der Waals surface area contributed by atoms with Gasteiger partial charge in [0.2, 0.25) is 0 Å². The monoisotopic (exact) mass is 386 g/mol. The summed E-state index contributed by atoms with van der Waals surface area (Å²) < 4.78 is 5.62. The molecule has 6 heteroatoms. The first-order valence-electron chi connectivity index (χ1n) is 10.6. The number of hydrogen-bond acceptors (Lipinski definition) is 4. The van der Waals surface area contributed by atoms with Gasteiger partial charge in [0.05, 0.1) is 0 Å². The highest BCUT2D eigenvalue weighted by Crippen LogP contribution is 2.16. The van der Waals surface area contributed by atoms with Gasteiger partial charge in [-0.3, -0.25) is 14.4 Å². The first-order chi connectivity index (χ1) is 12.9. The smallest absolute Gasteiger partial charge is 0.317 e. The molecule has 0 aliphatic heterocycles. The van der Waals surface area contributed by atoms with Gasteiger partial charge in [0, 0.05) is 6.42 Å². The van der Waals surface area contributed by atoms with E-state index in [1.165, 1.54) is 0 Å². The summed E-state index contributed by atoms with van der Waals surface area (Å²) in [4.78, 5) is 33.5. The Labute approximate surface area is 163 Å². The molecule has 0 saturated carbocycles. The normalized spacial score (nSPS) is 11.1. The lowest BCUT2D eigenvalue weighted by atomic mass is 10.0. The van der Waals surface area contributed by atoms with Gasteiger partial charge in [0.25, 0.3) is 0 Å². The predicted octanol–water partition coefficient (Wildman–Crippen LogP) is 5.18. The molecule has 0 aliphatic carbocycles. The Morgan fingerprint density at radius 2 is 1.19 bits per heavy atom. The molecule has 0 aliphatic rings. The van der Waals surface area contributed by atoms with Gasteiger partial charge in [0.15, 0.2) is 5.92 Å². The summed E-state index contributed by atoms with van der Waals surface area (Å²) in [5.41, 5.74) is 0. The lowest BCUT2D eigenvalue weighted by Gasteiger charge is -2.17. The van der Waals surface area contributed by atoms with Crippen molar-refractivity contribution in [3.8, 4) is 0 Å². The van der Waals surface area contributed by atoms with E-state index in [1.54, 1.807) is 0 Å². The molecule has 27 heavy (non-hydrogen) atoms. The van der Waals surface area contributed by atoms with E-state index in [4.69, 9.17) is 14.9 Å². The number of carbonyl (C=O) groups excluding carboxylic acids is 1. The van der Waals surface area contributed by atoms with Crippen LogP contribution >= 0.6 is 0 Å². The van der Waals surface area contributed by atoms with Crippen LogP contribution in [0.25, 0.3) is 0 Å². The molecule has 0 saturated heterocycles. The third kappa shape index (κ3) is 14.2. The van der Waals surface area contributed by atoms with Crippen LogP contribution in [-0.4, -0.2) is 34.2 Å². The summed E-state index contributed by atoms with van der Waals surface area (Å²) in [7, 11) is 0. The summed E-state index contributed by atoms with van der Waals surface area (Å²) in [5.74, 6) is -3.93. The van der Waals surface area contributed by atoms with Gasteiger partial charge in [-0.25, -0.2) is 0 Å². The second-order valence-corrected chi connectivity index (χ2v) is 7.29. The fourth-order valence-electron chi connectivity index (χ4n) is 3.05. The molecule has 0 unspecified atom stereocenters. The number of aliphatic carboxylic acids is 2. The SMILES string of the molecule is CCCCC(CCCC)OC(=O)CCCCCCCCC(C(=O)O)C(=O)O. The third-order valence-corrected chi connectivity index (χ3v) is 4.78. The minimum atomic E-state index is -1.30. The van der Waals surface area contributed by atoms with Crippen molar-refractivity contribution < 1.29 is 29.3 Å². The van der Waals surface area contributed by atoms with Crippen LogP contribution in [0.5, 0.6) is 0 Å². The number of ether oxygens (including phenoxy) is 1. The Hall–Kier alpha value is -1.59. The molecule has 0 atom stereocenters. The molecule has 0 amide bonds. The minimum Gasteiger partial charge on any atom is -0.481 e. The van der Waals surface area contributed by atoms with Crippen LogP contribution in [-0.2, 0) is 19.1 Å². The highest BCUT2D eigenvalue weighted by molar-refractivity contribution is 5.92. The second kappa shape index (κ2) is 16.6. The molecular formula is C21H38O6. The molecule has 0 fully saturated rings. The van der Waals surface area contributed by atoms with E-state index in [2.05, 4.69) is 13.8 Å². The maximum Gasteiger partial charge on any atom is 0.317 e. The van der Waals surface area contributed by atoms with E-state index in [-0.39, 0.29) is 18.5 Å². The standard InChI is InChI=1S/C21H38O6/c1-3-5-13-17(14-6-4-2)27-19(22)16-12-10-8-7-9-11-15-18(20(23)24)21(25)26/h17-18H,3-16H2,1-2H3,(H,23,24)(H,25,26). The van der Waals surface area contributed by atoms with Crippen molar-refractivity contribution in [3.05, 3.63) is 0 Å². The third-order valence-electron chi connectivity index (χ3n) is 4.78. The highest BCUT2D eigenvalue weighted by Gasteiger charge is 2.24. The van der Waals surface area contributed by atoms with E-state index in [0.717, 1.165) is 70.6 Å². The summed E-state index contributed by atoms with van der Waals surface area (Å²) in [6.07, 6.45) is 12.1. The summed E-state index contributed by atoms with van der Waals surface area (Å²) in [5, 5.41) is 17.6. The molecule has 0 spiro atoms. The number of hydrogen-bond donors (Lipinski definition) is 2. The van der Waals surface area contributed by atoms with E-state index in [9.17, 15) is 14.4 Å². The first kappa shape index (κ1) is 25.4. The first-order valence-corrected chi connectivity index (χ1v) is 10.6. The van der Waals surface area contributed by atoms with Crippen molar-refractivity contribution in [2.45, 2.75) is 110 Å². The number of carboxylic acids is 2. The molecule has 0 bridgehead atoms. The van der Waals surface area contributed by atoms with Crippen molar-refractivity contribution in [2.75, 3.05) is 0 Å². The van der Waals surface area contributed by atoms with Crippen LogP contribution < -0.4 is 0 Å². The minimum absolute atomic E-state index is 0.0637. The molecule has 158 valence electrons. The van der Waals surface area contributed by atoms with E-state index >= 15 is 0 Å². The van der Waals surface area contributed by atoms with Gasteiger partial charge in [-0.15, -0.1) is 0 Å². The fraction of sp³-hybridized carbons (Fsp3) is 0.857. The van der Waals surface area contributed by atoms with Crippen molar-refractivity contribution in [1.82, 2.24) is 0 Å². The average Bonchev–Trinajstić information content (AvgIpc) is 2.61. The van der Waals surface area contributed by atoms with E-state index in [0.29, 0.717) is 12.8 Å². The van der Waals surface area contributed by atoms with Crippen molar-refractivity contribution in [2.24, 2.45) is 5.92 Å². The van der Waals surface area contributed by atoms with Crippen molar-refractivity contribution in [1.29, 1.82) is 0 Å². The summed E-state index contributed by atoms with van der Waals surface area (Å²) in [6, 6.07) is 0. The number of carboxylic acid groups (broad SMARTS) is 2. The van der Waals surface area contributed by atoms with Crippen LogP contribution in [0.4, 0.5) is 0 Å². The fourth-order valence-corrected chi connectivity index (χ4v) is 3.05. The topological polar surface area (TPSA) is 101 Å². The Kier molecular flexibility index (Phi) is 15.6. The van der Waals surface area contributed by atoms with Gasteiger partial charge in [-0.1, -0.05) is 71.6 Å². The zero-order valence-corrected chi connectivity index (χ0v) is 17.1. The second-order valence-electron chi connectivity index (χ2n) is 7.29. The Morgan fingerprint density at radius 1 is 0.704 bits per heavy atom. The molecule has 0 heterocycles. The largest absolute Gasteiger partial charge is 0.481 e. The molecular weight excluding hydrogens is 348 g/mol. The predicted molar refractivity (Wildman–Crippen MR) is 105 cm³/mol. The molecule has 6 nitrogen and oxygen atoms in total. The molecule has 0 aromatic carbocycles. The number of unbranched alkanes of at least 4 members (excludes halogenated alkanes) is 7. The summed E-state index contributed by atoms with van der Waals surface area (Å²) >= 11 is 0. The lowest BCUT2D eigenvalue weighted by molar-refractivity contribution is -0.155. The zero-order valence-electron chi connectivity index (χ0n) is 17.1. The molecule has 2 N–H and O–H groups in total. The van der Waals surface area contributed by atoms with Crippen LogP contribution in [0, 0.1) is 5.92 Å². The quantitative estimate of drug-likeness (QED) is 0.191. The van der Waals surface area contributed by atoms with Gasteiger partial charge in [-0.05, 0) is 25.7 Å². The van der Waals surface area contributed by atoms with Gasteiger partial charge in [-0.2, -0.15) is 0 Å². The Morgan fingerprint density at radius 3 is 1.67 bits per heavy atom. The van der Waals surface area contributed by atoms with Gasteiger partial charge in [0.1, 0.15) is 6.10 Å². The maximum atomic E-state index is 12.0. The number of esters is 1. The maximum absolute atomic E-state index is 12.0. The van der Waals surface area contributed by atoms with Crippen LogP contribution in [0.15, 0.2) is 0 Å². The molecule has 0 aromatic heterocycles. The van der Waals surface area contributed by atoms with Gasteiger partial charge < -0.3 is 14.9 Å². The molecule has 0 rings (SSSR count). The number of rotatable bonds is 18. The lowest BCUT2D eigenvalue weighted by Crippen LogP contribution is -2.23. The Balaban J connectivity index is 3.77.